The number of nitrogens with zero attached hydrogens (tertiary/aromatic N) is 4. The third-order valence-electron chi connectivity index (χ3n) is 2.35. The van der Waals surface area contributed by atoms with E-state index in [-0.39, 0.29) is 6.04 Å². The Bertz CT molecular complexity index is 540. The van der Waals surface area contributed by atoms with Crippen molar-refractivity contribution in [3.8, 4) is 0 Å². The highest BCUT2D eigenvalue weighted by molar-refractivity contribution is 7.99. The Hall–Kier alpha value is -1.11. The second-order valence-electron chi connectivity index (χ2n) is 4.12. The van der Waals surface area contributed by atoms with E-state index in [0.717, 1.165) is 22.0 Å². The van der Waals surface area contributed by atoms with Gasteiger partial charge in [0.15, 0.2) is 0 Å². The molecule has 0 aliphatic rings. The zero-order valence-electron chi connectivity index (χ0n) is 10.2. The summed E-state index contributed by atoms with van der Waals surface area (Å²) in [6, 6.07) is 5.89. The summed E-state index contributed by atoms with van der Waals surface area (Å²) in [6.07, 6.45) is 0.796. The first-order chi connectivity index (χ1) is 8.56. The van der Waals surface area contributed by atoms with E-state index in [9.17, 15) is 0 Å². The maximum absolute atomic E-state index is 6.03. The van der Waals surface area contributed by atoms with Crippen LogP contribution in [-0.4, -0.2) is 26.2 Å². The Balaban J connectivity index is 2.30. The first-order valence-electron chi connectivity index (χ1n) is 5.50. The summed E-state index contributed by atoms with van der Waals surface area (Å²) < 4.78 is 1.63. The van der Waals surface area contributed by atoms with Gasteiger partial charge in [-0.25, -0.2) is 4.68 Å². The number of aryl methyl sites for hydroxylation is 1. The van der Waals surface area contributed by atoms with Crippen molar-refractivity contribution in [1.82, 2.24) is 20.2 Å². The SMILES string of the molecule is CC(N)Cc1ccc(Cl)cc1Sc1nnnn1C. The van der Waals surface area contributed by atoms with E-state index in [0.29, 0.717) is 5.02 Å². The third-order valence-corrected chi connectivity index (χ3v) is 3.72. The van der Waals surface area contributed by atoms with Crippen molar-refractivity contribution in [2.75, 3.05) is 0 Å². The smallest absolute Gasteiger partial charge is 0.213 e. The van der Waals surface area contributed by atoms with Gasteiger partial charge in [0, 0.05) is 23.0 Å². The van der Waals surface area contributed by atoms with E-state index in [4.69, 9.17) is 17.3 Å². The molecule has 0 fully saturated rings. The molecule has 2 rings (SSSR count). The van der Waals surface area contributed by atoms with Crippen LogP contribution in [0.4, 0.5) is 0 Å². The molecular formula is C11H14ClN5S. The lowest BCUT2D eigenvalue weighted by molar-refractivity contribution is 0.664. The van der Waals surface area contributed by atoms with Crippen molar-refractivity contribution >= 4 is 23.4 Å². The van der Waals surface area contributed by atoms with Crippen LogP contribution in [0.25, 0.3) is 0 Å². The minimum absolute atomic E-state index is 0.100. The molecule has 1 heterocycles. The fourth-order valence-corrected chi connectivity index (χ4v) is 2.69. The van der Waals surface area contributed by atoms with Crippen LogP contribution in [0.15, 0.2) is 28.3 Å². The van der Waals surface area contributed by atoms with Crippen molar-refractivity contribution in [2.45, 2.75) is 29.4 Å². The first kappa shape index (κ1) is 13.3. The number of hydrogen-bond acceptors (Lipinski definition) is 5. The van der Waals surface area contributed by atoms with Gasteiger partial charge < -0.3 is 5.73 Å². The molecule has 0 aliphatic carbocycles. The fourth-order valence-electron chi connectivity index (χ4n) is 1.54. The summed E-state index contributed by atoms with van der Waals surface area (Å²) in [4.78, 5) is 1.04. The highest BCUT2D eigenvalue weighted by Crippen LogP contribution is 2.31. The highest BCUT2D eigenvalue weighted by atomic mass is 35.5. The number of benzene rings is 1. The van der Waals surface area contributed by atoms with Crippen molar-refractivity contribution in [3.63, 3.8) is 0 Å². The van der Waals surface area contributed by atoms with Crippen LogP contribution < -0.4 is 5.73 Å². The van der Waals surface area contributed by atoms with Crippen molar-refractivity contribution in [1.29, 1.82) is 0 Å². The first-order valence-corrected chi connectivity index (χ1v) is 6.70. The maximum Gasteiger partial charge on any atom is 0.213 e. The van der Waals surface area contributed by atoms with Crippen molar-refractivity contribution in [2.24, 2.45) is 12.8 Å². The molecule has 96 valence electrons. The van der Waals surface area contributed by atoms with Gasteiger partial charge in [-0.15, -0.1) is 5.10 Å². The number of tetrazole rings is 1. The average Bonchev–Trinajstić information content (AvgIpc) is 2.68. The van der Waals surface area contributed by atoms with Crippen LogP contribution in [0.2, 0.25) is 5.02 Å². The van der Waals surface area contributed by atoms with Crippen LogP contribution >= 0.6 is 23.4 Å². The number of nitrogens with two attached hydrogens (primary N) is 1. The molecule has 1 atom stereocenters. The Morgan fingerprint density at radius 3 is 2.89 bits per heavy atom. The maximum atomic E-state index is 6.03. The molecule has 1 aromatic heterocycles. The van der Waals surface area contributed by atoms with Gasteiger partial charge in [0.2, 0.25) is 5.16 Å². The Morgan fingerprint density at radius 2 is 2.28 bits per heavy atom. The topological polar surface area (TPSA) is 69.6 Å². The molecule has 5 nitrogen and oxygen atoms in total. The lowest BCUT2D eigenvalue weighted by atomic mass is 10.1. The predicted octanol–water partition coefficient (Wildman–Crippen LogP) is 1.90. The Kier molecular flexibility index (Phi) is 4.21. The van der Waals surface area contributed by atoms with Crippen LogP contribution in [0.1, 0.15) is 12.5 Å². The van der Waals surface area contributed by atoms with Gasteiger partial charge in [-0.1, -0.05) is 17.7 Å². The lowest BCUT2D eigenvalue weighted by Gasteiger charge is -2.11. The predicted molar refractivity (Wildman–Crippen MR) is 71.7 cm³/mol. The molecule has 1 unspecified atom stereocenters. The Morgan fingerprint density at radius 1 is 1.50 bits per heavy atom. The molecule has 0 spiro atoms. The average molecular weight is 284 g/mol. The number of halogens is 1. The molecule has 0 radical (unpaired) electrons. The van der Waals surface area contributed by atoms with E-state index in [2.05, 4.69) is 15.5 Å². The van der Waals surface area contributed by atoms with Gasteiger partial charge in [-0.05, 0) is 53.2 Å². The van der Waals surface area contributed by atoms with Gasteiger partial charge in [0.05, 0.1) is 0 Å². The molecule has 0 amide bonds. The molecular weight excluding hydrogens is 270 g/mol. The summed E-state index contributed by atoms with van der Waals surface area (Å²) in [5.41, 5.74) is 7.00. The largest absolute Gasteiger partial charge is 0.328 e. The zero-order valence-corrected chi connectivity index (χ0v) is 11.7. The quantitative estimate of drug-likeness (QED) is 0.928. The van der Waals surface area contributed by atoms with Gasteiger partial charge in [0.1, 0.15) is 0 Å². The van der Waals surface area contributed by atoms with E-state index < -0.39 is 0 Å². The second-order valence-corrected chi connectivity index (χ2v) is 5.57. The van der Waals surface area contributed by atoms with Gasteiger partial charge >= 0.3 is 0 Å². The summed E-state index contributed by atoms with van der Waals surface area (Å²) in [5.74, 6) is 0. The molecule has 1 aromatic carbocycles. The second kappa shape index (κ2) is 5.69. The molecule has 18 heavy (non-hydrogen) atoms. The molecule has 0 saturated carbocycles. The van der Waals surface area contributed by atoms with Crippen molar-refractivity contribution < 1.29 is 0 Å². The Labute approximate surface area is 115 Å². The normalized spacial score (nSPS) is 12.7. The summed E-state index contributed by atoms with van der Waals surface area (Å²) in [6.45, 7) is 1.98. The molecule has 2 aromatic rings. The van der Waals surface area contributed by atoms with E-state index in [1.54, 1.807) is 11.7 Å². The summed E-state index contributed by atoms with van der Waals surface area (Å²) >= 11 is 7.52. The fraction of sp³-hybridized carbons (Fsp3) is 0.364. The van der Waals surface area contributed by atoms with Crippen LogP contribution in [0.5, 0.6) is 0 Å². The van der Waals surface area contributed by atoms with Crippen LogP contribution in [0.3, 0.4) is 0 Å². The third kappa shape index (κ3) is 3.22. The molecule has 2 N–H and O–H groups in total. The van der Waals surface area contributed by atoms with E-state index in [1.807, 2.05) is 25.1 Å². The molecule has 7 heteroatoms. The summed E-state index contributed by atoms with van der Waals surface area (Å²) in [7, 11) is 1.80. The number of aromatic nitrogens is 4. The van der Waals surface area contributed by atoms with Gasteiger partial charge in [0.25, 0.3) is 0 Å². The monoisotopic (exact) mass is 283 g/mol. The molecule has 0 bridgehead atoms. The highest BCUT2D eigenvalue weighted by Gasteiger charge is 2.11. The van der Waals surface area contributed by atoms with Gasteiger partial charge in [-0.3, -0.25) is 0 Å². The minimum atomic E-state index is 0.100. The number of hydrogen-bond donors (Lipinski definition) is 1. The molecule has 0 saturated heterocycles. The standard InChI is InChI=1S/C11H14ClN5S/c1-7(13)5-8-3-4-9(12)6-10(8)18-11-14-15-16-17(11)2/h3-4,6-7H,5,13H2,1-2H3. The van der Waals surface area contributed by atoms with Crippen molar-refractivity contribution in [3.05, 3.63) is 28.8 Å². The van der Waals surface area contributed by atoms with Crippen LogP contribution in [0, 0.1) is 0 Å². The van der Waals surface area contributed by atoms with Gasteiger partial charge in [-0.2, -0.15) is 0 Å². The van der Waals surface area contributed by atoms with E-state index in [1.165, 1.54) is 11.8 Å². The zero-order chi connectivity index (χ0) is 13.1. The van der Waals surface area contributed by atoms with E-state index >= 15 is 0 Å². The lowest BCUT2D eigenvalue weighted by Crippen LogP contribution is -2.18. The summed E-state index contributed by atoms with van der Waals surface area (Å²) in [5, 5.41) is 12.8. The molecule has 0 aliphatic heterocycles. The minimum Gasteiger partial charge on any atom is -0.328 e. The van der Waals surface area contributed by atoms with Crippen LogP contribution in [-0.2, 0) is 13.5 Å². The number of rotatable bonds is 4.